The summed E-state index contributed by atoms with van der Waals surface area (Å²) in [5.41, 5.74) is 3.47. The van der Waals surface area contributed by atoms with E-state index in [0.717, 1.165) is 70.7 Å². The first-order valence-corrected chi connectivity index (χ1v) is 12.2. The van der Waals surface area contributed by atoms with Gasteiger partial charge in [-0.15, -0.1) is 0 Å². The second-order valence-corrected chi connectivity index (χ2v) is 10.5. The lowest BCUT2D eigenvalue weighted by Crippen LogP contribution is -2.57. The number of aromatic nitrogens is 1. The maximum atomic E-state index is 13.8. The Labute approximate surface area is 200 Å². The third-order valence-electron chi connectivity index (χ3n) is 7.51. The highest BCUT2D eigenvalue weighted by atomic mass is 79.9. The smallest absolute Gasteiger partial charge is 0.252 e. The third kappa shape index (κ3) is 3.56. The molecule has 2 aromatic carbocycles. The predicted octanol–water partition coefficient (Wildman–Crippen LogP) is 6.56. The second-order valence-electron chi connectivity index (χ2n) is 9.28. The Morgan fingerprint density at radius 2 is 1.66 bits per heavy atom. The number of halogens is 2. The Morgan fingerprint density at radius 1 is 1.00 bits per heavy atom. The minimum absolute atomic E-state index is 0.0724. The lowest BCUT2D eigenvalue weighted by molar-refractivity contribution is -0.127. The summed E-state index contributed by atoms with van der Waals surface area (Å²) in [6.45, 7) is 1.97. The van der Waals surface area contributed by atoms with Gasteiger partial charge in [0.1, 0.15) is 0 Å². The number of benzene rings is 2. The molecule has 0 saturated heterocycles. The number of rotatable bonds is 4. The van der Waals surface area contributed by atoms with Crippen molar-refractivity contribution in [2.75, 3.05) is 0 Å². The number of hydrogen-bond acceptors (Lipinski definition) is 3. The Balaban J connectivity index is 1.56. The van der Waals surface area contributed by atoms with Crippen LogP contribution in [-0.2, 0) is 4.79 Å². The molecule has 3 fully saturated rings. The molecule has 3 aliphatic carbocycles. The topological polar surface area (TPSA) is 59.1 Å². The number of carbonyl (C=O) groups excluding carboxylic acids is 2. The zero-order valence-corrected chi connectivity index (χ0v) is 20.2. The predicted molar refractivity (Wildman–Crippen MR) is 131 cm³/mol. The Bertz CT molecular complexity index is 1220. The van der Waals surface area contributed by atoms with Gasteiger partial charge in [-0.25, -0.2) is 4.98 Å². The van der Waals surface area contributed by atoms with Crippen LogP contribution in [-0.4, -0.2) is 21.7 Å². The van der Waals surface area contributed by atoms with E-state index in [1.807, 2.05) is 55.5 Å². The first-order valence-electron chi connectivity index (χ1n) is 11.0. The molecule has 1 N–H and O–H groups in total. The van der Waals surface area contributed by atoms with E-state index in [0.29, 0.717) is 5.56 Å². The fourth-order valence-electron chi connectivity index (χ4n) is 5.47. The van der Waals surface area contributed by atoms with Crippen LogP contribution in [0.3, 0.4) is 0 Å². The van der Waals surface area contributed by atoms with Crippen LogP contribution in [0.25, 0.3) is 22.2 Å². The van der Waals surface area contributed by atoms with Gasteiger partial charge in [-0.1, -0.05) is 46.3 Å². The Kier molecular flexibility index (Phi) is 5.37. The molecule has 0 radical (unpaired) electrons. The fourth-order valence-corrected chi connectivity index (χ4v) is 6.12. The van der Waals surface area contributed by atoms with E-state index < -0.39 is 5.41 Å². The van der Waals surface area contributed by atoms with Crippen LogP contribution >= 0.6 is 27.5 Å². The van der Waals surface area contributed by atoms with Crippen molar-refractivity contribution >= 4 is 49.6 Å². The molecular formula is C26H24BrClN2O2. The summed E-state index contributed by atoms with van der Waals surface area (Å²) >= 11 is 9.47. The van der Waals surface area contributed by atoms with Gasteiger partial charge in [0.05, 0.1) is 16.8 Å². The van der Waals surface area contributed by atoms with Crippen LogP contribution < -0.4 is 5.32 Å². The summed E-state index contributed by atoms with van der Waals surface area (Å²) in [5, 5.41) is 4.01. The summed E-state index contributed by atoms with van der Waals surface area (Å²) in [6.07, 6.45) is 4.59. The number of carbonyl (C=O) groups is 2. The highest BCUT2D eigenvalue weighted by Gasteiger charge is 2.52. The van der Waals surface area contributed by atoms with Crippen LogP contribution in [0, 0.1) is 12.3 Å². The van der Waals surface area contributed by atoms with Crippen molar-refractivity contribution in [3.63, 3.8) is 0 Å². The molecule has 3 saturated carbocycles. The van der Waals surface area contributed by atoms with Crippen molar-refractivity contribution in [2.24, 2.45) is 5.41 Å². The summed E-state index contributed by atoms with van der Waals surface area (Å²) < 4.78 is 0.909. The van der Waals surface area contributed by atoms with E-state index in [1.165, 1.54) is 0 Å². The van der Waals surface area contributed by atoms with Gasteiger partial charge in [-0.2, -0.15) is 0 Å². The lowest BCUT2D eigenvalue weighted by Gasteiger charge is -2.52. The van der Waals surface area contributed by atoms with E-state index in [1.54, 1.807) is 0 Å². The summed E-state index contributed by atoms with van der Waals surface area (Å²) in [5.74, 6) is -0.0724. The average molecular weight is 512 g/mol. The van der Waals surface area contributed by atoms with Gasteiger partial charge < -0.3 is 5.32 Å². The van der Waals surface area contributed by atoms with Crippen molar-refractivity contribution in [3.05, 3.63) is 64.1 Å². The van der Waals surface area contributed by atoms with E-state index in [4.69, 9.17) is 16.6 Å². The molecule has 164 valence electrons. The quantitative estimate of drug-likeness (QED) is 0.404. The van der Waals surface area contributed by atoms with E-state index in [9.17, 15) is 9.59 Å². The van der Waals surface area contributed by atoms with E-state index in [2.05, 4.69) is 21.2 Å². The Hall–Kier alpha value is -2.24. The molecule has 6 rings (SSSR count). The summed E-state index contributed by atoms with van der Waals surface area (Å²) in [7, 11) is 0. The van der Waals surface area contributed by atoms with Gasteiger partial charge in [-0.3, -0.25) is 9.59 Å². The average Bonchev–Trinajstić information content (AvgIpc) is 2.80. The van der Waals surface area contributed by atoms with Crippen molar-refractivity contribution in [1.82, 2.24) is 10.3 Å². The van der Waals surface area contributed by atoms with Crippen molar-refractivity contribution in [2.45, 2.75) is 51.0 Å². The molecule has 0 spiro atoms. The van der Waals surface area contributed by atoms with Crippen LogP contribution in [0.1, 0.15) is 54.4 Å². The first-order chi connectivity index (χ1) is 15.3. The summed E-state index contributed by atoms with van der Waals surface area (Å²) in [4.78, 5) is 30.7. The van der Waals surface area contributed by atoms with Gasteiger partial charge in [0.25, 0.3) is 5.91 Å². The molecule has 3 aliphatic rings. The van der Waals surface area contributed by atoms with Gasteiger partial charge in [0.2, 0.25) is 5.24 Å². The zero-order chi connectivity index (χ0) is 22.5. The summed E-state index contributed by atoms with van der Waals surface area (Å²) in [6, 6.07) is 15.8. The fraction of sp³-hybridized carbons (Fsp3) is 0.346. The lowest BCUT2D eigenvalue weighted by atomic mass is 9.57. The minimum Gasteiger partial charge on any atom is -0.347 e. The van der Waals surface area contributed by atoms with Crippen LogP contribution in [0.2, 0.25) is 0 Å². The molecule has 6 heteroatoms. The zero-order valence-electron chi connectivity index (χ0n) is 17.9. The normalized spacial score (nSPS) is 24.5. The number of amides is 1. The SMILES string of the molecule is Cc1c(-c2ccccc2)nc2ccc(Br)cc2c1C(=O)NC12CCC(C(=O)Cl)(CC1)CC2. The maximum absolute atomic E-state index is 13.8. The molecule has 1 heterocycles. The van der Waals surface area contributed by atoms with Crippen molar-refractivity contribution < 1.29 is 9.59 Å². The van der Waals surface area contributed by atoms with Crippen LogP contribution in [0.4, 0.5) is 0 Å². The van der Waals surface area contributed by atoms with Crippen LogP contribution in [0.5, 0.6) is 0 Å². The molecule has 3 aromatic rings. The molecule has 4 nitrogen and oxygen atoms in total. The largest absolute Gasteiger partial charge is 0.347 e. The number of fused-ring (bicyclic) bond motifs is 4. The maximum Gasteiger partial charge on any atom is 0.252 e. The molecule has 0 unspecified atom stereocenters. The number of nitrogens with one attached hydrogen (secondary N) is 1. The Morgan fingerprint density at radius 3 is 2.28 bits per heavy atom. The minimum atomic E-state index is -0.390. The van der Waals surface area contributed by atoms with Gasteiger partial charge in [-0.05, 0) is 80.8 Å². The van der Waals surface area contributed by atoms with Gasteiger partial charge >= 0.3 is 0 Å². The van der Waals surface area contributed by atoms with Crippen molar-refractivity contribution in [1.29, 1.82) is 0 Å². The van der Waals surface area contributed by atoms with E-state index in [-0.39, 0.29) is 16.7 Å². The molecular weight excluding hydrogens is 488 g/mol. The van der Waals surface area contributed by atoms with Crippen LogP contribution in [0.15, 0.2) is 53.0 Å². The standard InChI is InChI=1S/C26H24BrClN2O2/c1-16-21(23(31)30-26-12-9-25(10-13-26,11-14-26)24(28)32)19-15-18(27)7-8-20(19)29-22(16)17-5-3-2-4-6-17/h2-8,15H,9-14H2,1H3,(H,30,31). The molecule has 0 atom stereocenters. The highest BCUT2D eigenvalue weighted by Crippen LogP contribution is 2.53. The number of hydrogen-bond donors (Lipinski definition) is 1. The molecule has 32 heavy (non-hydrogen) atoms. The molecule has 1 amide bonds. The highest BCUT2D eigenvalue weighted by molar-refractivity contribution is 9.10. The second kappa shape index (κ2) is 7.96. The van der Waals surface area contributed by atoms with Crippen molar-refractivity contribution in [3.8, 4) is 11.3 Å². The molecule has 2 bridgehead atoms. The number of nitrogens with zero attached hydrogens (tertiary/aromatic N) is 1. The third-order valence-corrected chi connectivity index (χ3v) is 8.40. The monoisotopic (exact) mass is 510 g/mol. The molecule has 1 aromatic heterocycles. The van der Waals surface area contributed by atoms with E-state index >= 15 is 0 Å². The van der Waals surface area contributed by atoms with Gasteiger partial charge in [0, 0.05) is 26.4 Å². The number of pyridine rings is 1. The first kappa shape index (κ1) is 21.6. The molecule has 0 aliphatic heterocycles. The van der Waals surface area contributed by atoms with Gasteiger partial charge in [0.15, 0.2) is 0 Å².